The molecule has 5 heteroatoms. The molecule has 88 valence electrons. The molecular formula is C11H15BrN2O2. The highest BCUT2D eigenvalue weighted by atomic mass is 79.9. The van der Waals surface area contributed by atoms with Gasteiger partial charge in [-0.15, -0.1) is 0 Å². The Labute approximate surface area is 103 Å². The lowest BCUT2D eigenvalue weighted by Gasteiger charge is -2.19. The SMILES string of the molecule is CNC(C)C(C)c1ccc(Br)cc1[N+](=O)[O-]. The monoisotopic (exact) mass is 286 g/mol. The zero-order valence-corrected chi connectivity index (χ0v) is 11.1. The zero-order chi connectivity index (χ0) is 12.3. The summed E-state index contributed by atoms with van der Waals surface area (Å²) >= 11 is 3.25. The first kappa shape index (κ1) is 13.1. The molecule has 1 aromatic rings. The van der Waals surface area contributed by atoms with E-state index in [0.717, 1.165) is 10.0 Å². The van der Waals surface area contributed by atoms with Crippen molar-refractivity contribution in [3.8, 4) is 0 Å². The number of nitro benzene ring substituents is 1. The number of nitro groups is 1. The highest BCUT2D eigenvalue weighted by Crippen LogP contribution is 2.31. The molecule has 0 fully saturated rings. The van der Waals surface area contributed by atoms with Gasteiger partial charge in [-0.05, 0) is 20.0 Å². The number of rotatable bonds is 4. The first-order valence-electron chi connectivity index (χ1n) is 5.08. The van der Waals surface area contributed by atoms with Crippen LogP contribution >= 0.6 is 15.9 Å². The molecule has 4 nitrogen and oxygen atoms in total. The highest BCUT2D eigenvalue weighted by Gasteiger charge is 2.22. The first-order valence-corrected chi connectivity index (χ1v) is 5.87. The van der Waals surface area contributed by atoms with Gasteiger partial charge in [-0.25, -0.2) is 0 Å². The van der Waals surface area contributed by atoms with Gasteiger partial charge in [-0.3, -0.25) is 10.1 Å². The third kappa shape index (κ3) is 2.80. The fourth-order valence-corrected chi connectivity index (χ4v) is 1.93. The van der Waals surface area contributed by atoms with Crippen LogP contribution in [0.3, 0.4) is 0 Å². The van der Waals surface area contributed by atoms with E-state index >= 15 is 0 Å². The van der Waals surface area contributed by atoms with E-state index in [1.54, 1.807) is 12.1 Å². The molecule has 1 N–H and O–H groups in total. The molecule has 0 radical (unpaired) electrons. The lowest BCUT2D eigenvalue weighted by atomic mass is 9.93. The topological polar surface area (TPSA) is 55.2 Å². The van der Waals surface area contributed by atoms with Crippen molar-refractivity contribution in [2.75, 3.05) is 7.05 Å². The van der Waals surface area contributed by atoms with Crippen molar-refractivity contribution in [1.82, 2.24) is 5.32 Å². The molecule has 2 unspecified atom stereocenters. The Hall–Kier alpha value is -0.940. The fraction of sp³-hybridized carbons (Fsp3) is 0.455. The van der Waals surface area contributed by atoms with Crippen LogP contribution in [-0.4, -0.2) is 18.0 Å². The van der Waals surface area contributed by atoms with Gasteiger partial charge in [-0.1, -0.05) is 28.9 Å². The summed E-state index contributed by atoms with van der Waals surface area (Å²) < 4.78 is 0.729. The summed E-state index contributed by atoms with van der Waals surface area (Å²) in [7, 11) is 1.85. The van der Waals surface area contributed by atoms with E-state index in [0.29, 0.717) is 0 Å². The second kappa shape index (κ2) is 5.41. The van der Waals surface area contributed by atoms with Gasteiger partial charge >= 0.3 is 0 Å². The largest absolute Gasteiger partial charge is 0.317 e. The molecule has 1 rings (SSSR count). The van der Waals surface area contributed by atoms with Crippen molar-refractivity contribution in [3.05, 3.63) is 38.3 Å². The molecule has 0 spiro atoms. The van der Waals surface area contributed by atoms with Gasteiger partial charge in [-0.2, -0.15) is 0 Å². The van der Waals surface area contributed by atoms with Gasteiger partial charge in [0.05, 0.1) is 4.92 Å². The van der Waals surface area contributed by atoms with Crippen molar-refractivity contribution in [2.24, 2.45) is 0 Å². The van der Waals surface area contributed by atoms with Crippen molar-refractivity contribution in [1.29, 1.82) is 0 Å². The Morgan fingerprint density at radius 1 is 1.44 bits per heavy atom. The maximum atomic E-state index is 11.0. The minimum absolute atomic E-state index is 0.0958. The molecule has 0 saturated carbocycles. The van der Waals surface area contributed by atoms with E-state index in [9.17, 15) is 10.1 Å². The molecule has 0 aliphatic rings. The first-order chi connectivity index (χ1) is 7.47. The molecule has 0 heterocycles. The van der Waals surface area contributed by atoms with E-state index in [4.69, 9.17) is 0 Å². The summed E-state index contributed by atoms with van der Waals surface area (Å²) in [5.74, 6) is 0.0958. The predicted octanol–water partition coefficient (Wildman–Crippen LogP) is 3.07. The average Bonchev–Trinajstić information content (AvgIpc) is 2.26. The lowest BCUT2D eigenvalue weighted by Crippen LogP contribution is -2.27. The zero-order valence-electron chi connectivity index (χ0n) is 9.53. The van der Waals surface area contributed by atoms with Crippen LogP contribution < -0.4 is 5.32 Å². The molecule has 0 aromatic heterocycles. The quantitative estimate of drug-likeness (QED) is 0.684. The van der Waals surface area contributed by atoms with Gasteiger partial charge in [0.1, 0.15) is 0 Å². The minimum atomic E-state index is -0.334. The molecule has 16 heavy (non-hydrogen) atoms. The molecule has 0 amide bonds. The van der Waals surface area contributed by atoms with E-state index in [-0.39, 0.29) is 22.6 Å². The van der Waals surface area contributed by atoms with Crippen molar-refractivity contribution in [3.63, 3.8) is 0 Å². The Bertz CT molecular complexity index is 396. The Kier molecular flexibility index (Phi) is 4.44. The maximum Gasteiger partial charge on any atom is 0.274 e. The number of nitrogens with zero attached hydrogens (tertiary/aromatic N) is 1. The van der Waals surface area contributed by atoms with E-state index in [1.165, 1.54) is 0 Å². The molecular weight excluding hydrogens is 272 g/mol. The molecule has 0 aliphatic carbocycles. The second-order valence-electron chi connectivity index (χ2n) is 3.83. The fourth-order valence-electron chi connectivity index (χ4n) is 1.58. The third-order valence-corrected chi connectivity index (χ3v) is 3.38. The highest BCUT2D eigenvalue weighted by molar-refractivity contribution is 9.10. The second-order valence-corrected chi connectivity index (χ2v) is 4.74. The van der Waals surface area contributed by atoms with Crippen LogP contribution in [0.25, 0.3) is 0 Å². The maximum absolute atomic E-state index is 11.0. The molecule has 0 saturated heterocycles. The minimum Gasteiger partial charge on any atom is -0.317 e. The van der Waals surface area contributed by atoms with Crippen LogP contribution in [0.4, 0.5) is 5.69 Å². The Balaban J connectivity index is 3.17. The van der Waals surface area contributed by atoms with Crippen LogP contribution in [0.1, 0.15) is 25.3 Å². The van der Waals surface area contributed by atoms with Gasteiger partial charge in [0, 0.05) is 28.1 Å². The van der Waals surface area contributed by atoms with Crippen LogP contribution in [-0.2, 0) is 0 Å². The summed E-state index contributed by atoms with van der Waals surface area (Å²) in [5, 5.41) is 14.1. The number of benzene rings is 1. The van der Waals surface area contributed by atoms with Gasteiger partial charge in [0.15, 0.2) is 0 Å². The van der Waals surface area contributed by atoms with Crippen LogP contribution in [0, 0.1) is 10.1 Å². The van der Waals surface area contributed by atoms with Gasteiger partial charge in [0.25, 0.3) is 5.69 Å². The average molecular weight is 287 g/mol. The number of likely N-dealkylation sites (N-methyl/N-ethyl adjacent to an activating group) is 1. The van der Waals surface area contributed by atoms with Crippen molar-refractivity contribution in [2.45, 2.75) is 25.8 Å². The summed E-state index contributed by atoms with van der Waals surface area (Å²) in [4.78, 5) is 10.6. The number of hydrogen-bond acceptors (Lipinski definition) is 3. The predicted molar refractivity (Wildman–Crippen MR) is 67.7 cm³/mol. The smallest absolute Gasteiger partial charge is 0.274 e. The number of halogens is 1. The van der Waals surface area contributed by atoms with E-state index in [2.05, 4.69) is 21.2 Å². The molecule has 1 aromatic carbocycles. The van der Waals surface area contributed by atoms with Gasteiger partial charge < -0.3 is 5.32 Å². The van der Waals surface area contributed by atoms with Crippen molar-refractivity contribution >= 4 is 21.6 Å². The standard InChI is InChI=1S/C11H15BrN2O2/c1-7(8(2)13-3)10-5-4-9(12)6-11(10)14(15)16/h4-8,13H,1-3H3. The Morgan fingerprint density at radius 3 is 2.56 bits per heavy atom. The molecule has 2 atom stereocenters. The molecule has 0 bridgehead atoms. The number of hydrogen-bond donors (Lipinski definition) is 1. The normalized spacial score (nSPS) is 14.5. The summed E-state index contributed by atoms with van der Waals surface area (Å²) in [5.41, 5.74) is 0.930. The van der Waals surface area contributed by atoms with Crippen LogP contribution in [0.5, 0.6) is 0 Å². The van der Waals surface area contributed by atoms with E-state index in [1.807, 2.05) is 27.0 Å². The summed E-state index contributed by atoms with van der Waals surface area (Å²) in [6.07, 6.45) is 0. The lowest BCUT2D eigenvalue weighted by molar-refractivity contribution is -0.385. The summed E-state index contributed by atoms with van der Waals surface area (Å²) in [6.45, 7) is 3.99. The molecule has 0 aliphatic heterocycles. The third-order valence-electron chi connectivity index (χ3n) is 2.89. The Morgan fingerprint density at radius 2 is 2.06 bits per heavy atom. The van der Waals surface area contributed by atoms with E-state index < -0.39 is 0 Å². The van der Waals surface area contributed by atoms with Crippen molar-refractivity contribution < 1.29 is 4.92 Å². The van der Waals surface area contributed by atoms with Crippen LogP contribution in [0.15, 0.2) is 22.7 Å². The van der Waals surface area contributed by atoms with Crippen LogP contribution in [0.2, 0.25) is 0 Å². The number of nitrogens with one attached hydrogen (secondary N) is 1. The van der Waals surface area contributed by atoms with Gasteiger partial charge in [0.2, 0.25) is 0 Å². The summed E-state index contributed by atoms with van der Waals surface area (Å²) in [6, 6.07) is 5.38.